The van der Waals surface area contributed by atoms with Gasteiger partial charge < -0.3 is 14.5 Å². The molecule has 0 aliphatic carbocycles. The summed E-state index contributed by atoms with van der Waals surface area (Å²) in [5.41, 5.74) is 2.79. The molecule has 2 aromatic carbocycles. The summed E-state index contributed by atoms with van der Waals surface area (Å²) in [6, 6.07) is 19.8. The van der Waals surface area contributed by atoms with E-state index in [4.69, 9.17) is 9.15 Å². The molecule has 1 amide bonds. The van der Waals surface area contributed by atoms with Gasteiger partial charge in [-0.05, 0) is 30.5 Å². The zero-order chi connectivity index (χ0) is 28.6. The number of rotatable bonds is 14. The molecular weight excluding hydrogens is 516 g/mol. The number of carbonyl (C=O) groups is 2. The van der Waals surface area contributed by atoms with Crippen molar-refractivity contribution in [2.24, 2.45) is 5.92 Å². The SMILES string of the molecule is CCC(=O)CCCCCC(NC(=O)C1CN(Cc2ccccc2)C1)c1ncc(-c2cc3ccccc3nc2OC)o1. The highest BCUT2D eigenvalue weighted by atomic mass is 16.5. The number of likely N-dealkylation sites (tertiary alicyclic amines) is 1. The summed E-state index contributed by atoms with van der Waals surface area (Å²) >= 11 is 0. The Kier molecular flexibility index (Phi) is 9.41. The second kappa shape index (κ2) is 13.5. The number of nitrogens with zero attached hydrogens (tertiary/aromatic N) is 3. The summed E-state index contributed by atoms with van der Waals surface area (Å²) < 4.78 is 11.8. The fourth-order valence-electron chi connectivity index (χ4n) is 5.28. The third-order valence-electron chi connectivity index (χ3n) is 7.71. The van der Waals surface area contributed by atoms with Crippen LogP contribution in [0.3, 0.4) is 0 Å². The average Bonchev–Trinajstić information content (AvgIpc) is 3.47. The number of para-hydroxylation sites is 1. The smallest absolute Gasteiger partial charge is 0.226 e. The zero-order valence-corrected chi connectivity index (χ0v) is 23.8. The minimum atomic E-state index is -0.360. The van der Waals surface area contributed by atoms with Crippen LogP contribution in [0.2, 0.25) is 0 Å². The van der Waals surface area contributed by atoms with Gasteiger partial charge in [-0.25, -0.2) is 9.97 Å². The molecular formula is C33H38N4O4. The first-order chi connectivity index (χ1) is 20.0. The van der Waals surface area contributed by atoms with Crippen molar-refractivity contribution in [3.05, 3.63) is 78.3 Å². The number of Topliss-reactive ketones (excluding diaryl/α,β-unsaturated/α-hetero) is 1. The van der Waals surface area contributed by atoms with Gasteiger partial charge in [-0.3, -0.25) is 14.5 Å². The lowest BCUT2D eigenvalue weighted by Crippen LogP contribution is -2.53. The van der Waals surface area contributed by atoms with E-state index >= 15 is 0 Å². The van der Waals surface area contributed by atoms with Gasteiger partial charge in [0.05, 0.1) is 30.3 Å². The van der Waals surface area contributed by atoms with E-state index in [1.807, 2.05) is 55.5 Å². The van der Waals surface area contributed by atoms with Crippen LogP contribution in [0, 0.1) is 5.92 Å². The minimum absolute atomic E-state index is 0.0187. The number of ether oxygens (including phenoxy) is 1. The Hall–Kier alpha value is -4.04. The van der Waals surface area contributed by atoms with E-state index in [0.29, 0.717) is 42.4 Å². The Morgan fingerprint density at radius 2 is 1.85 bits per heavy atom. The van der Waals surface area contributed by atoms with E-state index in [2.05, 4.69) is 32.3 Å². The first-order valence-electron chi connectivity index (χ1n) is 14.5. The number of amides is 1. The van der Waals surface area contributed by atoms with E-state index in [9.17, 15) is 9.59 Å². The lowest BCUT2D eigenvalue weighted by Gasteiger charge is -2.38. The molecule has 0 spiro atoms. The lowest BCUT2D eigenvalue weighted by atomic mass is 9.97. The summed E-state index contributed by atoms with van der Waals surface area (Å²) in [7, 11) is 1.59. The fourth-order valence-corrected chi connectivity index (χ4v) is 5.28. The molecule has 1 N–H and O–H groups in total. The summed E-state index contributed by atoms with van der Waals surface area (Å²) in [6.07, 6.45) is 6.14. The largest absolute Gasteiger partial charge is 0.480 e. The molecule has 0 saturated carbocycles. The van der Waals surface area contributed by atoms with E-state index in [1.54, 1.807) is 13.3 Å². The monoisotopic (exact) mass is 554 g/mol. The molecule has 1 unspecified atom stereocenters. The Balaban J connectivity index is 1.27. The number of ketones is 1. The average molecular weight is 555 g/mol. The molecule has 3 heterocycles. The Labute approximate surface area is 241 Å². The molecule has 1 saturated heterocycles. The normalized spacial score (nSPS) is 14.5. The molecule has 1 atom stereocenters. The number of pyridine rings is 1. The van der Waals surface area contributed by atoms with E-state index in [-0.39, 0.29) is 23.7 Å². The van der Waals surface area contributed by atoms with Crippen molar-refractivity contribution >= 4 is 22.6 Å². The predicted octanol–water partition coefficient (Wildman–Crippen LogP) is 6.12. The molecule has 2 aromatic heterocycles. The van der Waals surface area contributed by atoms with E-state index < -0.39 is 0 Å². The number of aromatic nitrogens is 2. The maximum absolute atomic E-state index is 13.3. The fraction of sp³-hybridized carbons (Fsp3) is 0.394. The van der Waals surface area contributed by atoms with Crippen molar-refractivity contribution < 1.29 is 18.7 Å². The number of methoxy groups -OCH3 is 1. The molecule has 4 aromatic rings. The number of carbonyl (C=O) groups excluding carboxylic acids is 2. The van der Waals surface area contributed by atoms with Crippen LogP contribution in [-0.4, -0.2) is 46.8 Å². The van der Waals surface area contributed by atoms with Crippen LogP contribution in [0.25, 0.3) is 22.2 Å². The van der Waals surface area contributed by atoms with E-state index in [0.717, 1.165) is 49.8 Å². The number of hydrogen-bond donors (Lipinski definition) is 1. The van der Waals surface area contributed by atoms with Gasteiger partial charge in [0, 0.05) is 37.9 Å². The highest BCUT2D eigenvalue weighted by molar-refractivity contribution is 5.85. The van der Waals surface area contributed by atoms with Crippen molar-refractivity contribution in [1.29, 1.82) is 0 Å². The third kappa shape index (κ3) is 7.19. The van der Waals surface area contributed by atoms with Crippen LogP contribution in [0.15, 0.2) is 71.3 Å². The van der Waals surface area contributed by atoms with Gasteiger partial charge in [-0.15, -0.1) is 0 Å². The van der Waals surface area contributed by atoms with Crippen LogP contribution in [0.4, 0.5) is 0 Å². The van der Waals surface area contributed by atoms with Gasteiger partial charge in [-0.2, -0.15) is 0 Å². The predicted molar refractivity (Wildman–Crippen MR) is 158 cm³/mol. The number of unbranched alkanes of at least 4 members (excludes halogenated alkanes) is 2. The maximum atomic E-state index is 13.3. The van der Waals surface area contributed by atoms with Crippen LogP contribution < -0.4 is 10.1 Å². The molecule has 0 radical (unpaired) electrons. The molecule has 0 bridgehead atoms. The number of nitrogens with one attached hydrogen (secondary N) is 1. The van der Waals surface area contributed by atoms with Crippen LogP contribution >= 0.6 is 0 Å². The summed E-state index contributed by atoms with van der Waals surface area (Å²) in [5.74, 6) is 1.71. The van der Waals surface area contributed by atoms with Crippen molar-refractivity contribution in [3.8, 4) is 17.2 Å². The van der Waals surface area contributed by atoms with Gasteiger partial charge in [0.15, 0.2) is 5.76 Å². The summed E-state index contributed by atoms with van der Waals surface area (Å²) in [5, 5.41) is 4.19. The van der Waals surface area contributed by atoms with Crippen molar-refractivity contribution in [2.75, 3.05) is 20.2 Å². The highest BCUT2D eigenvalue weighted by Gasteiger charge is 2.34. The molecule has 214 valence electrons. The minimum Gasteiger partial charge on any atom is -0.480 e. The van der Waals surface area contributed by atoms with E-state index in [1.165, 1.54) is 5.56 Å². The van der Waals surface area contributed by atoms with Crippen LogP contribution in [0.1, 0.15) is 62.9 Å². The number of oxazole rings is 1. The maximum Gasteiger partial charge on any atom is 0.226 e. The van der Waals surface area contributed by atoms with Gasteiger partial charge in [0.25, 0.3) is 0 Å². The molecule has 1 aliphatic rings. The van der Waals surface area contributed by atoms with Gasteiger partial charge >= 0.3 is 0 Å². The molecule has 8 nitrogen and oxygen atoms in total. The van der Waals surface area contributed by atoms with Gasteiger partial charge in [0.1, 0.15) is 11.8 Å². The lowest BCUT2D eigenvalue weighted by molar-refractivity contribution is -0.131. The molecule has 1 aliphatic heterocycles. The molecule has 8 heteroatoms. The standard InChI is InChI=1S/C33H38N4O4/c1-3-26(38)15-8-5-9-17-29(35-31(39)25-21-37(22-25)20-23-12-6-4-7-13-23)33-34-19-30(41-33)27-18-24-14-10-11-16-28(24)36-32(27)40-2/h4,6-7,10-14,16,18-19,25,29H,3,5,8-9,15,17,20-22H2,1-2H3,(H,35,39). The number of benzene rings is 2. The Morgan fingerprint density at radius 1 is 1.07 bits per heavy atom. The van der Waals surface area contributed by atoms with Crippen molar-refractivity contribution in [2.45, 2.75) is 58.0 Å². The Bertz CT molecular complexity index is 1460. The quantitative estimate of drug-likeness (QED) is 0.188. The first kappa shape index (κ1) is 28.5. The third-order valence-corrected chi connectivity index (χ3v) is 7.71. The highest BCUT2D eigenvalue weighted by Crippen LogP contribution is 2.34. The Morgan fingerprint density at radius 3 is 2.63 bits per heavy atom. The molecule has 41 heavy (non-hydrogen) atoms. The first-order valence-corrected chi connectivity index (χ1v) is 14.5. The zero-order valence-electron chi connectivity index (χ0n) is 23.8. The van der Waals surface area contributed by atoms with Crippen LogP contribution in [-0.2, 0) is 16.1 Å². The van der Waals surface area contributed by atoms with Crippen molar-refractivity contribution in [1.82, 2.24) is 20.2 Å². The van der Waals surface area contributed by atoms with Gasteiger partial charge in [0.2, 0.25) is 17.7 Å². The second-order valence-electron chi connectivity index (χ2n) is 10.7. The summed E-state index contributed by atoms with van der Waals surface area (Å²) in [6.45, 7) is 4.19. The topological polar surface area (TPSA) is 97.6 Å². The van der Waals surface area contributed by atoms with Gasteiger partial charge in [-0.1, -0.05) is 68.3 Å². The second-order valence-corrected chi connectivity index (χ2v) is 10.7. The number of hydrogen-bond acceptors (Lipinski definition) is 7. The number of fused-ring (bicyclic) bond motifs is 1. The molecule has 5 rings (SSSR count). The summed E-state index contributed by atoms with van der Waals surface area (Å²) in [4.78, 5) is 36.5. The van der Waals surface area contributed by atoms with Crippen molar-refractivity contribution in [3.63, 3.8) is 0 Å². The van der Waals surface area contributed by atoms with Crippen LogP contribution in [0.5, 0.6) is 5.88 Å². The molecule has 1 fully saturated rings.